The number of rotatable bonds is 9. The molecule has 0 saturated carbocycles. The second kappa shape index (κ2) is 8.72. The van der Waals surface area contributed by atoms with Crippen molar-refractivity contribution in [1.29, 1.82) is 0 Å². The number of unbranched alkanes of at least 4 members (excludes halogenated alkanes) is 4. The Hall–Kier alpha value is -1.39. The van der Waals surface area contributed by atoms with Gasteiger partial charge in [-0.25, -0.2) is 0 Å². The van der Waals surface area contributed by atoms with Crippen molar-refractivity contribution < 1.29 is 17.9 Å². The van der Waals surface area contributed by atoms with Crippen LogP contribution in [0.15, 0.2) is 24.3 Å². The summed E-state index contributed by atoms with van der Waals surface area (Å²) >= 11 is 0. The Balaban J connectivity index is 2.21. The lowest BCUT2D eigenvalue weighted by Crippen LogP contribution is -2.19. The molecule has 0 unspecified atom stereocenters. The van der Waals surface area contributed by atoms with Crippen molar-refractivity contribution in [3.8, 4) is 5.75 Å². The van der Waals surface area contributed by atoms with Gasteiger partial charge >= 0.3 is 6.18 Å². The third kappa shape index (κ3) is 7.92. The summed E-state index contributed by atoms with van der Waals surface area (Å²) in [6.07, 6.45) is 1.76. The van der Waals surface area contributed by atoms with Crippen molar-refractivity contribution in [3.63, 3.8) is 0 Å². The quantitative estimate of drug-likeness (QED) is 0.645. The summed E-state index contributed by atoms with van der Waals surface area (Å²) in [7, 11) is 0. The lowest BCUT2D eigenvalue weighted by Gasteiger charge is -2.10. The highest BCUT2D eigenvalue weighted by Crippen LogP contribution is 2.20. The minimum Gasteiger partial charge on any atom is -0.484 e. The van der Waals surface area contributed by atoms with Crippen LogP contribution >= 0.6 is 0 Å². The molecular weight excluding hydrogens is 267 g/mol. The van der Waals surface area contributed by atoms with Crippen LogP contribution in [0.2, 0.25) is 0 Å². The number of hydrogen-bond acceptors (Lipinski definition) is 2. The highest BCUT2D eigenvalue weighted by Gasteiger charge is 2.28. The number of anilines is 1. The molecule has 1 N–H and O–H groups in total. The first-order chi connectivity index (χ1) is 9.51. The van der Waals surface area contributed by atoms with Crippen molar-refractivity contribution in [1.82, 2.24) is 0 Å². The first-order valence-electron chi connectivity index (χ1n) is 7.05. The van der Waals surface area contributed by atoms with Crippen LogP contribution in [0.3, 0.4) is 0 Å². The molecule has 1 rings (SSSR count). The van der Waals surface area contributed by atoms with E-state index in [1.54, 1.807) is 24.3 Å². The normalized spacial score (nSPS) is 11.4. The van der Waals surface area contributed by atoms with Gasteiger partial charge in [-0.15, -0.1) is 0 Å². The predicted octanol–water partition coefficient (Wildman–Crippen LogP) is 5.01. The fraction of sp³-hybridized carbons (Fsp3) is 0.600. The topological polar surface area (TPSA) is 21.3 Å². The minimum atomic E-state index is -4.30. The predicted molar refractivity (Wildman–Crippen MR) is 75.2 cm³/mol. The van der Waals surface area contributed by atoms with Crippen molar-refractivity contribution in [2.75, 3.05) is 18.5 Å². The maximum atomic E-state index is 12.0. The monoisotopic (exact) mass is 289 g/mol. The molecule has 0 saturated heterocycles. The standard InChI is InChI=1S/C15H22F3NO/c1-2-3-4-5-6-11-19-13-7-9-14(10-8-13)20-12-15(16,17)18/h7-10,19H,2-6,11-12H2,1H3. The fourth-order valence-corrected chi connectivity index (χ4v) is 1.80. The molecule has 2 nitrogen and oxygen atoms in total. The molecule has 0 atom stereocenters. The molecule has 0 radical (unpaired) electrons. The molecule has 20 heavy (non-hydrogen) atoms. The van der Waals surface area contributed by atoms with Gasteiger partial charge in [0.25, 0.3) is 0 Å². The molecule has 0 aliphatic rings. The lowest BCUT2D eigenvalue weighted by atomic mass is 10.1. The minimum absolute atomic E-state index is 0.232. The van der Waals surface area contributed by atoms with Crippen LogP contribution in [-0.2, 0) is 0 Å². The van der Waals surface area contributed by atoms with Crippen LogP contribution < -0.4 is 10.1 Å². The molecule has 114 valence electrons. The lowest BCUT2D eigenvalue weighted by molar-refractivity contribution is -0.153. The van der Waals surface area contributed by atoms with E-state index < -0.39 is 12.8 Å². The fourth-order valence-electron chi connectivity index (χ4n) is 1.80. The van der Waals surface area contributed by atoms with Crippen molar-refractivity contribution in [2.24, 2.45) is 0 Å². The molecule has 0 aliphatic carbocycles. The summed E-state index contributed by atoms with van der Waals surface area (Å²) < 4.78 is 40.6. The molecule has 1 aromatic rings. The number of benzene rings is 1. The summed E-state index contributed by atoms with van der Waals surface area (Å²) in [5.41, 5.74) is 0.903. The molecule has 0 amide bonds. The van der Waals surface area contributed by atoms with Crippen molar-refractivity contribution >= 4 is 5.69 Å². The average Bonchev–Trinajstić information content (AvgIpc) is 2.41. The Labute approximate surface area is 118 Å². The molecule has 0 spiro atoms. The number of alkyl halides is 3. The summed E-state index contributed by atoms with van der Waals surface area (Å²) in [6, 6.07) is 6.56. The summed E-state index contributed by atoms with van der Waals surface area (Å²) in [6.45, 7) is 1.81. The molecular formula is C15H22F3NO. The summed E-state index contributed by atoms with van der Waals surface area (Å²) in [4.78, 5) is 0. The van der Waals surface area contributed by atoms with Gasteiger partial charge in [0.1, 0.15) is 5.75 Å². The number of ether oxygens (including phenoxy) is 1. The van der Waals surface area contributed by atoms with Gasteiger partial charge in [-0.3, -0.25) is 0 Å². The molecule has 0 heterocycles. The Kier molecular flexibility index (Phi) is 7.26. The first-order valence-corrected chi connectivity index (χ1v) is 7.05. The highest BCUT2D eigenvalue weighted by atomic mass is 19.4. The van der Waals surface area contributed by atoms with Crippen LogP contribution in [0, 0.1) is 0 Å². The van der Waals surface area contributed by atoms with E-state index >= 15 is 0 Å². The summed E-state index contributed by atoms with van der Waals surface area (Å²) in [5.74, 6) is 0.232. The zero-order valence-corrected chi connectivity index (χ0v) is 11.8. The average molecular weight is 289 g/mol. The third-order valence-electron chi connectivity index (χ3n) is 2.87. The van der Waals surface area contributed by atoms with Crippen molar-refractivity contribution in [3.05, 3.63) is 24.3 Å². The van der Waals surface area contributed by atoms with Crippen LogP contribution in [0.5, 0.6) is 5.75 Å². The van der Waals surface area contributed by atoms with Crippen LogP contribution in [0.4, 0.5) is 18.9 Å². The van der Waals surface area contributed by atoms with Gasteiger partial charge in [0.05, 0.1) is 0 Å². The zero-order chi connectivity index (χ0) is 14.8. The van der Waals surface area contributed by atoms with Gasteiger partial charge in [0.15, 0.2) is 6.61 Å². The molecule has 0 bridgehead atoms. The van der Waals surface area contributed by atoms with Crippen molar-refractivity contribution in [2.45, 2.75) is 45.2 Å². The second-order valence-electron chi connectivity index (χ2n) is 4.77. The van der Waals surface area contributed by atoms with Crippen LogP contribution in [0.25, 0.3) is 0 Å². The van der Waals surface area contributed by atoms with E-state index in [0.29, 0.717) is 0 Å². The number of halogens is 3. The van der Waals surface area contributed by atoms with E-state index in [1.807, 2.05) is 0 Å². The molecule has 1 aromatic carbocycles. The van der Waals surface area contributed by atoms with Gasteiger partial charge in [0, 0.05) is 12.2 Å². The zero-order valence-electron chi connectivity index (χ0n) is 11.8. The smallest absolute Gasteiger partial charge is 0.422 e. The molecule has 0 aromatic heterocycles. The van der Waals surface area contributed by atoms with Gasteiger partial charge in [-0.1, -0.05) is 32.6 Å². The Bertz CT molecular complexity index is 362. The van der Waals surface area contributed by atoms with Crippen LogP contribution in [0.1, 0.15) is 39.0 Å². The Morgan fingerprint density at radius 3 is 2.25 bits per heavy atom. The van der Waals surface area contributed by atoms with E-state index in [4.69, 9.17) is 0 Å². The van der Waals surface area contributed by atoms with E-state index in [0.717, 1.165) is 18.7 Å². The van der Waals surface area contributed by atoms with E-state index in [-0.39, 0.29) is 5.75 Å². The van der Waals surface area contributed by atoms with Gasteiger partial charge in [-0.05, 0) is 30.7 Å². The van der Waals surface area contributed by atoms with Gasteiger partial charge in [0.2, 0.25) is 0 Å². The van der Waals surface area contributed by atoms with Crippen LogP contribution in [-0.4, -0.2) is 19.3 Å². The Morgan fingerprint density at radius 1 is 1.00 bits per heavy atom. The maximum Gasteiger partial charge on any atom is 0.422 e. The largest absolute Gasteiger partial charge is 0.484 e. The summed E-state index contributed by atoms with van der Waals surface area (Å²) in [5, 5.41) is 3.24. The molecule has 0 aliphatic heterocycles. The third-order valence-corrected chi connectivity index (χ3v) is 2.87. The van der Waals surface area contributed by atoms with E-state index in [2.05, 4.69) is 17.0 Å². The first kappa shape index (κ1) is 16.7. The van der Waals surface area contributed by atoms with E-state index in [9.17, 15) is 13.2 Å². The van der Waals surface area contributed by atoms with Gasteiger partial charge in [-0.2, -0.15) is 13.2 Å². The van der Waals surface area contributed by atoms with E-state index in [1.165, 1.54) is 25.7 Å². The second-order valence-corrected chi connectivity index (χ2v) is 4.77. The maximum absolute atomic E-state index is 12.0. The SMILES string of the molecule is CCCCCCCNc1ccc(OCC(F)(F)F)cc1. The Morgan fingerprint density at radius 2 is 1.65 bits per heavy atom. The molecule has 0 fully saturated rings. The highest BCUT2D eigenvalue weighted by molar-refractivity contribution is 5.46. The number of nitrogens with one attached hydrogen (secondary N) is 1. The number of hydrogen-bond donors (Lipinski definition) is 1. The van der Waals surface area contributed by atoms with Gasteiger partial charge < -0.3 is 10.1 Å². The molecule has 5 heteroatoms.